The average Bonchev–Trinajstić information content (AvgIpc) is 1.65. The number of phenols is 2. The number of amidine groups is 4. The monoisotopic (exact) mass is 1780 g/mol. The van der Waals surface area contributed by atoms with E-state index in [0.29, 0.717) is 65.7 Å². The van der Waals surface area contributed by atoms with E-state index < -0.39 is 24.2 Å². The van der Waals surface area contributed by atoms with Crippen molar-refractivity contribution in [3.05, 3.63) is 204 Å². The summed E-state index contributed by atoms with van der Waals surface area (Å²) in [5, 5.41) is 19.8. The van der Waals surface area contributed by atoms with Gasteiger partial charge in [0.1, 0.15) is 60.1 Å². The normalized spacial score (nSPS) is 17.1. The lowest BCUT2D eigenvalue weighted by molar-refractivity contribution is -0.148. The molecule has 0 spiro atoms. The number of rotatable bonds is 20. The van der Waals surface area contributed by atoms with E-state index in [9.17, 15) is 29.4 Å². The van der Waals surface area contributed by atoms with E-state index in [4.69, 9.17) is 61.9 Å². The van der Waals surface area contributed by atoms with Crippen LogP contribution in [0.2, 0.25) is 0 Å². The van der Waals surface area contributed by atoms with Gasteiger partial charge >= 0.3 is 11.9 Å². The van der Waals surface area contributed by atoms with E-state index in [-0.39, 0.29) is 72.1 Å². The molecule has 4 atom stereocenters. The van der Waals surface area contributed by atoms with Gasteiger partial charge in [-0.15, -0.1) is 0 Å². The summed E-state index contributed by atoms with van der Waals surface area (Å²) in [6.07, 6.45) is 0. The van der Waals surface area contributed by atoms with Gasteiger partial charge in [-0.25, -0.2) is 20.0 Å². The summed E-state index contributed by atoms with van der Waals surface area (Å²) in [5.41, 5.74) is 32.0. The molecule has 10 N–H and O–H groups in total. The second kappa shape index (κ2) is 45.3. The quantitative estimate of drug-likeness (QED) is 0.0305. The van der Waals surface area contributed by atoms with Crippen molar-refractivity contribution in [2.45, 2.75) is 119 Å². The number of nitrogens with two attached hydrogens (primary N) is 4. The van der Waals surface area contributed by atoms with Crippen LogP contribution in [0.4, 0.5) is 22.7 Å². The summed E-state index contributed by atoms with van der Waals surface area (Å²) in [6.45, 7) is 32.5. The van der Waals surface area contributed by atoms with Crippen molar-refractivity contribution in [3.63, 3.8) is 0 Å². The molecule has 8 aromatic carbocycles. The number of amides is 2. The highest BCUT2D eigenvalue weighted by molar-refractivity contribution is 8.00. The van der Waals surface area contributed by atoms with Gasteiger partial charge < -0.3 is 81.5 Å². The van der Waals surface area contributed by atoms with Crippen molar-refractivity contribution in [1.29, 1.82) is 0 Å². The predicted molar refractivity (Wildman–Crippen MR) is 503 cm³/mol. The predicted octanol–water partition coefficient (Wildman–Crippen LogP) is 12.9. The lowest BCUT2D eigenvalue weighted by Crippen LogP contribution is -2.55. The Morgan fingerprint density at radius 2 is 0.579 bits per heavy atom. The van der Waals surface area contributed by atoms with Crippen LogP contribution in [-0.4, -0.2) is 278 Å². The van der Waals surface area contributed by atoms with Crippen LogP contribution in [0.5, 0.6) is 11.5 Å². The molecule has 26 nitrogen and oxygen atoms in total. The van der Waals surface area contributed by atoms with Gasteiger partial charge in [-0.05, 0) is 109 Å². The lowest BCUT2D eigenvalue weighted by atomic mass is 10.0. The number of esters is 2. The number of benzene rings is 8. The fourth-order valence-electron chi connectivity index (χ4n) is 15.1. The van der Waals surface area contributed by atoms with Gasteiger partial charge in [0, 0.05) is 179 Å². The third kappa shape index (κ3) is 24.5. The number of hydrogen-bond acceptors (Lipinski definition) is 28. The molecular formula is C96H120N16O10S4. The van der Waals surface area contributed by atoms with Gasteiger partial charge in [0.25, 0.3) is 0 Å². The summed E-state index contributed by atoms with van der Waals surface area (Å²) in [7, 11) is 0. The molecule has 8 aromatic rings. The molecule has 0 radical (unpaired) electrons. The highest BCUT2D eigenvalue weighted by atomic mass is 32.2. The van der Waals surface area contributed by atoms with Gasteiger partial charge in [-0.3, -0.25) is 29.0 Å². The Balaban J connectivity index is 0.000000145. The Morgan fingerprint density at radius 3 is 0.881 bits per heavy atom. The van der Waals surface area contributed by atoms with E-state index in [1.807, 2.05) is 114 Å². The van der Waals surface area contributed by atoms with Crippen LogP contribution in [0.15, 0.2) is 241 Å². The Bertz CT molecular complexity index is 5180. The molecule has 668 valence electrons. The zero-order valence-corrected chi connectivity index (χ0v) is 76.6. The van der Waals surface area contributed by atoms with E-state index in [2.05, 4.69) is 139 Å². The summed E-state index contributed by atoms with van der Waals surface area (Å²) in [5.74, 6) is 4.19. The first-order valence-corrected chi connectivity index (χ1v) is 47.0. The van der Waals surface area contributed by atoms with Crippen LogP contribution in [0.25, 0.3) is 0 Å². The molecule has 8 heterocycles. The highest BCUT2D eigenvalue weighted by Crippen LogP contribution is 2.46. The largest absolute Gasteiger partial charge is 0.508 e. The molecule has 16 rings (SSSR count). The average molecular weight is 1790 g/mol. The second-order valence-electron chi connectivity index (χ2n) is 33.3. The van der Waals surface area contributed by atoms with E-state index in [0.717, 1.165) is 161 Å². The molecule has 4 unspecified atom stereocenters. The molecule has 0 aliphatic carbocycles. The molecule has 8 aliphatic heterocycles. The zero-order chi connectivity index (χ0) is 88.9. The van der Waals surface area contributed by atoms with Crippen molar-refractivity contribution in [3.8, 4) is 11.5 Å². The molecule has 4 saturated heterocycles. The fourth-order valence-corrected chi connectivity index (χ4v) is 19.2. The number of para-hydroxylation sites is 2. The topological polar surface area (TPSA) is 325 Å². The molecule has 30 heteroatoms. The summed E-state index contributed by atoms with van der Waals surface area (Å²) < 4.78 is 21.7. The van der Waals surface area contributed by atoms with Crippen LogP contribution >= 0.6 is 47.0 Å². The van der Waals surface area contributed by atoms with Crippen LogP contribution in [0, 0.1) is 23.7 Å². The summed E-state index contributed by atoms with van der Waals surface area (Å²) in [6, 6.07) is 58.7. The first-order chi connectivity index (χ1) is 60.9. The minimum Gasteiger partial charge on any atom is -0.508 e. The Kier molecular flexibility index (Phi) is 33.7. The first-order valence-electron chi connectivity index (χ1n) is 43.7. The maximum atomic E-state index is 12.6. The number of piperazine rings is 4. The van der Waals surface area contributed by atoms with E-state index >= 15 is 0 Å². The molecular weight excluding hydrogens is 1670 g/mol. The number of nitrogens with zero attached hydrogens (tertiary/aromatic N) is 12. The number of fused-ring (bicyclic) bond motifs is 8. The van der Waals surface area contributed by atoms with E-state index in [1.165, 1.54) is 25.1 Å². The van der Waals surface area contributed by atoms with Crippen LogP contribution in [-0.2, 0) is 38.1 Å². The maximum Gasteiger partial charge on any atom is 0.323 e. The minimum atomic E-state index is -0.587. The Labute approximate surface area is 758 Å². The SMILES string of the molecule is CC(C)C(N)C(=O)N1CCN(C2=Nc3ccc(O)cc3Sc3ccccc32)CC1.CC(C)C(N)C(=O)N1CCN(C2=Nc3ccccc3Sc3ccccc32)CC1.CC(C)C(N)C(=O)OCCOCCN1CCN(C2=Nc3ccc(O)cc3Sc3ccccc32)CC1.CC(C)C(N)C(=O)OCCOCCN1CCN(C2=Nc3ccccc3Sc3ccccc32)CC1. The van der Waals surface area contributed by atoms with Gasteiger partial charge in [-0.2, -0.15) is 0 Å². The molecule has 0 bridgehead atoms. The van der Waals surface area contributed by atoms with E-state index in [1.54, 1.807) is 71.3 Å². The third-order valence-corrected chi connectivity index (χ3v) is 27.6. The third-order valence-electron chi connectivity index (χ3n) is 23.1. The minimum absolute atomic E-state index is 0.0271. The van der Waals surface area contributed by atoms with Crippen molar-refractivity contribution in [2.24, 2.45) is 66.6 Å². The molecule has 8 aliphatic rings. The summed E-state index contributed by atoms with van der Waals surface area (Å²) >= 11 is 6.81. The standard InChI is InChI=1S/C26H34N4O4S.C26H34N4O3S.C22H26N4O2S.C22H26N4OS/c1-18(2)24(27)26(32)34-16-15-33-14-13-29-9-11-30(12-10-29)25-20-5-3-4-6-22(20)35-23-17-19(31)7-8-21(23)28-25;1-19(2)24(27)26(31)33-18-17-32-16-15-29-11-13-30(14-12-29)25-20-7-3-5-9-22(20)34-23-10-6-4-8-21(23)28-25;1-14(2)20(23)22(28)26-11-9-25(10-12-26)21-16-5-3-4-6-18(16)29-19-13-15(27)7-8-17(19)24-21;1-15(2)20(23)22(27)26-13-11-25(12-14-26)21-16-7-3-5-9-18(16)28-19-10-6-4-8-17(19)24-21/h3-8,17-18,24,31H,9-16,27H2,1-2H3;3-10,19,24H,11-18,27H2,1-2H3;3-8,13-14,20,27H,9-12,23H2,1-2H3;3-10,15,20H,11-14,23H2,1-2H3. The zero-order valence-electron chi connectivity index (χ0n) is 73.4. The molecule has 126 heavy (non-hydrogen) atoms. The number of phenolic OH excluding ortho intramolecular Hbond substituents is 2. The van der Waals surface area contributed by atoms with Gasteiger partial charge in [0.05, 0.1) is 61.3 Å². The molecule has 2 amide bonds. The van der Waals surface area contributed by atoms with Crippen molar-refractivity contribution in [1.82, 2.24) is 39.2 Å². The number of carbonyl (C=O) groups is 4. The number of ether oxygens (including phenoxy) is 4. The number of aromatic hydroxyl groups is 2. The number of hydrogen-bond donors (Lipinski definition) is 6. The lowest BCUT2D eigenvalue weighted by Gasteiger charge is -2.38. The Hall–Kier alpha value is -9.80. The van der Waals surface area contributed by atoms with Crippen molar-refractivity contribution < 1.29 is 48.3 Å². The van der Waals surface area contributed by atoms with Crippen LogP contribution in [0.1, 0.15) is 77.6 Å². The van der Waals surface area contributed by atoms with Crippen molar-refractivity contribution >= 4 is 117 Å². The van der Waals surface area contributed by atoms with Gasteiger partial charge in [-0.1, -0.05) is 199 Å². The summed E-state index contributed by atoms with van der Waals surface area (Å²) in [4.78, 5) is 95.6. The van der Waals surface area contributed by atoms with Gasteiger partial charge in [0.2, 0.25) is 11.8 Å². The van der Waals surface area contributed by atoms with Crippen LogP contribution in [0.3, 0.4) is 0 Å². The fraction of sp³-hybridized carbons (Fsp3) is 0.417. The highest BCUT2D eigenvalue weighted by Gasteiger charge is 2.35. The van der Waals surface area contributed by atoms with Crippen LogP contribution < -0.4 is 22.9 Å². The second-order valence-corrected chi connectivity index (χ2v) is 37.6. The maximum absolute atomic E-state index is 12.6. The van der Waals surface area contributed by atoms with Gasteiger partial charge in [0.15, 0.2) is 0 Å². The Morgan fingerprint density at radius 1 is 0.317 bits per heavy atom. The van der Waals surface area contributed by atoms with Crippen molar-refractivity contribution in [2.75, 3.05) is 157 Å². The first kappa shape index (κ1) is 93.8. The smallest absolute Gasteiger partial charge is 0.323 e. The number of aliphatic imine (C=N–C) groups is 4. The molecule has 0 saturated carbocycles. The number of carbonyl (C=O) groups excluding carboxylic acids is 4. The molecule has 4 fully saturated rings. The molecule has 0 aromatic heterocycles.